The molecule has 114 valence electrons. The number of carbonyl (C=O) groups is 1. The number of benzene rings is 2. The van der Waals surface area contributed by atoms with Crippen LogP contribution in [0.15, 0.2) is 53.0 Å². The molecule has 0 fully saturated rings. The number of amides is 1. The second kappa shape index (κ2) is 5.76. The Balaban J connectivity index is 1.87. The Kier molecular flexibility index (Phi) is 3.96. The van der Waals surface area contributed by atoms with Gasteiger partial charge in [-0.15, -0.1) is 0 Å². The van der Waals surface area contributed by atoms with Crippen LogP contribution in [-0.4, -0.2) is 18.0 Å². The number of nitrogens with zero attached hydrogens (tertiary/aromatic N) is 1. The van der Waals surface area contributed by atoms with Crippen LogP contribution in [-0.2, 0) is 11.2 Å². The Morgan fingerprint density at radius 3 is 2.59 bits per heavy atom. The minimum Gasteiger partial charge on any atom is -0.377 e. The fourth-order valence-electron chi connectivity index (χ4n) is 2.79. The van der Waals surface area contributed by atoms with E-state index in [1.54, 1.807) is 0 Å². The smallest absolute Gasteiger partial charge is 0.231 e. The summed E-state index contributed by atoms with van der Waals surface area (Å²) in [6.07, 6.45) is 0.414. The van der Waals surface area contributed by atoms with E-state index in [1.165, 1.54) is 0 Å². The quantitative estimate of drug-likeness (QED) is 0.870. The second-order valence-electron chi connectivity index (χ2n) is 6.31. The molecule has 1 heterocycles. The molecule has 3 nitrogen and oxygen atoms in total. The normalized spacial score (nSPS) is 15.9. The summed E-state index contributed by atoms with van der Waals surface area (Å²) in [6.45, 7) is 4.89. The Morgan fingerprint density at radius 1 is 1.18 bits per heavy atom. The second-order valence-corrected chi connectivity index (χ2v) is 7.22. The lowest BCUT2D eigenvalue weighted by atomic mass is 9.98. The number of hydrogen-bond acceptors (Lipinski definition) is 2. The fraction of sp³-hybridized carbons (Fsp3) is 0.278. The SMILES string of the molecule is CC1(C)CN(C(=O)Cc2ccc(Br)cc2)c2ccccc2N1. The predicted molar refractivity (Wildman–Crippen MR) is 94.3 cm³/mol. The van der Waals surface area contributed by atoms with Gasteiger partial charge in [0.2, 0.25) is 5.91 Å². The molecule has 0 radical (unpaired) electrons. The van der Waals surface area contributed by atoms with Crippen LogP contribution in [0.5, 0.6) is 0 Å². The van der Waals surface area contributed by atoms with Crippen LogP contribution >= 0.6 is 15.9 Å². The molecule has 0 aromatic heterocycles. The summed E-state index contributed by atoms with van der Waals surface area (Å²) >= 11 is 3.42. The maximum Gasteiger partial charge on any atom is 0.231 e. The first-order chi connectivity index (χ1) is 10.4. The van der Waals surface area contributed by atoms with Gasteiger partial charge in [-0.25, -0.2) is 0 Å². The van der Waals surface area contributed by atoms with Crippen molar-refractivity contribution >= 4 is 33.2 Å². The van der Waals surface area contributed by atoms with Crippen LogP contribution in [0.1, 0.15) is 19.4 Å². The number of nitrogens with one attached hydrogen (secondary N) is 1. The van der Waals surface area contributed by atoms with E-state index in [4.69, 9.17) is 0 Å². The van der Waals surface area contributed by atoms with E-state index in [0.29, 0.717) is 13.0 Å². The van der Waals surface area contributed by atoms with Crippen molar-refractivity contribution in [3.63, 3.8) is 0 Å². The maximum atomic E-state index is 12.8. The lowest BCUT2D eigenvalue weighted by molar-refractivity contribution is -0.118. The first-order valence-corrected chi connectivity index (χ1v) is 8.16. The summed E-state index contributed by atoms with van der Waals surface area (Å²) in [5.74, 6) is 0.129. The monoisotopic (exact) mass is 358 g/mol. The molecular weight excluding hydrogens is 340 g/mol. The number of anilines is 2. The highest BCUT2D eigenvalue weighted by atomic mass is 79.9. The van der Waals surface area contributed by atoms with Crippen molar-refractivity contribution in [3.8, 4) is 0 Å². The summed E-state index contributed by atoms with van der Waals surface area (Å²) in [5, 5.41) is 3.49. The molecule has 22 heavy (non-hydrogen) atoms. The Bertz CT molecular complexity index is 694. The van der Waals surface area contributed by atoms with Gasteiger partial charge in [-0.05, 0) is 43.7 Å². The first kappa shape index (κ1) is 15.1. The Morgan fingerprint density at radius 2 is 1.86 bits per heavy atom. The molecule has 1 amide bonds. The van der Waals surface area contributed by atoms with Gasteiger partial charge in [-0.2, -0.15) is 0 Å². The number of fused-ring (bicyclic) bond motifs is 1. The third-order valence-electron chi connectivity index (χ3n) is 3.79. The highest BCUT2D eigenvalue weighted by Crippen LogP contribution is 2.34. The molecular formula is C18H19BrN2O. The van der Waals surface area contributed by atoms with E-state index in [9.17, 15) is 4.79 Å². The molecule has 2 aromatic rings. The van der Waals surface area contributed by atoms with Crippen LogP contribution in [0.4, 0.5) is 11.4 Å². The number of rotatable bonds is 2. The first-order valence-electron chi connectivity index (χ1n) is 7.37. The zero-order valence-corrected chi connectivity index (χ0v) is 14.4. The van der Waals surface area contributed by atoms with Crippen molar-refractivity contribution in [1.82, 2.24) is 0 Å². The van der Waals surface area contributed by atoms with Gasteiger partial charge in [0.15, 0.2) is 0 Å². The van der Waals surface area contributed by atoms with E-state index in [2.05, 4.69) is 35.1 Å². The van der Waals surface area contributed by atoms with E-state index in [0.717, 1.165) is 21.4 Å². The van der Waals surface area contributed by atoms with Crippen LogP contribution in [0.25, 0.3) is 0 Å². The Labute approximate surface area is 139 Å². The van der Waals surface area contributed by atoms with Crippen LogP contribution in [0, 0.1) is 0 Å². The molecule has 0 unspecified atom stereocenters. The third-order valence-corrected chi connectivity index (χ3v) is 4.32. The molecule has 0 spiro atoms. The topological polar surface area (TPSA) is 32.3 Å². The largest absolute Gasteiger partial charge is 0.377 e. The van der Waals surface area contributed by atoms with Gasteiger partial charge in [0.1, 0.15) is 0 Å². The summed E-state index contributed by atoms with van der Waals surface area (Å²) in [6, 6.07) is 15.9. The van der Waals surface area contributed by atoms with Gasteiger partial charge in [-0.1, -0.05) is 40.2 Å². The van der Waals surface area contributed by atoms with Gasteiger partial charge < -0.3 is 10.2 Å². The van der Waals surface area contributed by atoms with Gasteiger partial charge >= 0.3 is 0 Å². The lowest BCUT2D eigenvalue weighted by Gasteiger charge is -2.41. The van der Waals surface area contributed by atoms with Crippen molar-refractivity contribution in [2.24, 2.45) is 0 Å². The van der Waals surface area contributed by atoms with Crippen molar-refractivity contribution < 1.29 is 4.79 Å². The van der Waals surface area contributed by atoms with Gasteiger partial charge in [0.05, 0.1) is 17.8 Å². The summed E-state index contributed by atoms with van der Waals surface area (Å²) in [7, 11) is 0. The molecule has 1 aliphatic rings. The van der Waals surface area contributed by atoms with Crippen LogP contribution in [0.3, 0.4) is 0 Å². The van der Waals surface area contributed by atoms with Crippen molar-refractivity contribution in [2.45, 2.75) is 25.8 Å². The number of halogens is 1. The minimum absolute atomic E-state index is 0.129. The van der Waals surface area contributed by atoms with Crippen LogP contribution < -0.4 is 10.2 Å². The predicted octanol–water partition coefficient (Wildman–Crippen LogP) is 4.23. The average Bonchev–Trinajstić information content (AvgIpc) is 2.47. The number of para-hydroxylation sites is 2. The molecule has 0 aliphatic carbocycles. The summed E-state index contributed by atoms with van der Waals surface area (Å²) in [4.78, 5) is 14.7. The van der Waals surface area contributed by atoms with Crippen LogP contribution in [0.2, 0.25) is 0 Å². The van der Waals surface area contributed by atoms with E-state index in [1.807, 2.05) is 53.4 Å². The fourth-order valence-corrected chi connectivity index (χ4v) is 3.06. The van der Waals surface area contributed by atoms with E-state index >= 15 is 0 Å². The molecule has 0 bridgehead atoms. The molecule has 1 aliphatic heterocycles. The zero-order chi connectivity index (χ0) is 15.7. The highest BCUT2D eigenvalue weighted by Gasteiger charge is 2.32. The van der Waals surface area contributed by atoms with Crippen molar-refractivity contribution in [2.75, 3.05) is 16.8 Å². The van der Waals surface area contributed by atoms with Crippen molar-refractivity contribution in [3.05, 3.63) is 58.6 Å². The van der Waals surface area contributed by atoms with E-state index < -0.39 is 0 Å². The van der Waals surface area contributed by atoms with Crippen molar-refractivity contribution in [1.29, 1.82) is 0 Å². The maximum absolute atomic E-state index is 12.8. The molecule has 0 saturated heterocycles. The molecule has 0 atom stereocenters. The van der Waals surface area contributed by atoms with Gasteiger partial charge in [0, 0.05) is 16.6 Å². The average molecular weight is 359 g/mol. The third kappa shape index (κ3) is 3.17. The van der Waals surface area contributed by atoms with Gasteiger partial charge in [-0.3, -0.25) is 4.79 Å². The minimum atomic E-state index is -0.135. The lowest BCUT2D eigenvalue weighted by Crippen LogP contribution is -2.51. The molecule has 2 aromatic carbocycles. The van der Waals surface area contributed by atoms with Gasteiger partial charge in [0.25, 0.3) is 0 Å². The zero-order valence-electron chi connectivity index (χ0n) is 12.8. The number of hydrogen-bond donors (Lipinski definition) is 1. The molecule has 4 heteroatoms. The summed E-state index contributed by atoms with van der Waals surface area (Å²) < 4.78 is 1.03. The number of carbonyl (C=O) groups excluding carboxylic acids is 1. The Hall–Kier alpha value is -1.81. The van der Waals surface area contributed by atoms with E-state index in [-0.39, 0.29) is 11.4 Å². The molecule has 3 rings (SSSR count). The molecule has 0 saturated carbocycles. The summed E-state index contributed by atoms with van der Waals surface area (Å²) in [5.41, 5.74) is 2.87. The molecule has 1 N–H and O–H groups in total. The highest BCUT2D eigenvalue weighted by molar-refractivity contribution is 9.10. The standard InChI is InChI=1S/C18H19BrN2O/c1-18(2)12-21(16-6-4-3-5-15(16)20-18)17(22)11-13-7-9-14(19)10-8-13/h3-10,20H,11-12H2,1-2H3.